The van der Waals surface area contributed by atoms with E-state index in [0.717, 1.165) is 39.1 Å². The number of rotatable bonds is 5. The molecule has 4 nitrogen and oxygen atoms in total. The Hall–Kier alpha value is -2.46. The Morgan fingerprint density at radius 1 is 1.12 bits per heavy atom. The fourth-order valence-electron chi connectivity index (χ4n) is 2.55. The monoisotopic (exact) mass is 352 g/mol. The van der Waals surface area contributed by atoms with Gasteiger partial charge in [-0.3, -0.25) is 4.98 Å². The van der Waals surface area contributed by atoms with Crippen molar-refractivity contribution in [1.29, 1.82) is 0 Å². The number of nitrogens with zero attached hydrogens (tertiary/aromatic N) is 3. The summed E-state index contributed by atoms with van der Waals surface area (Å²) in [5.74, 6) is 1.16. The van der Waals surface area contributed by atoms with Crippen molar-refractivity contribution in [2.75, 3.05) is 11.9 Å². The van der Waals surface area contributed by atoms with Crippen LogP contribution >= 0.6 is 11.6 Å². The highest BCUT2D eigenvalue weighted by Crippen LogP contribution is 2.32. The Kier molecular flexibility index (Phi) is 5.00. The van der Waals surface area contributed by atoms with Gasteiger partial charge in [-0.2, -0.15) is 0 Å². The van der Waals surface area contributed by atoms with Crippen LogP contribution in [0.1, 0.15) is 32.5 Å². The number of hydrogen-bond acceptors (Lipinski definition) is 4. The highest BCUT2D eigenvalue weighted by Gasteiger charge is 2.10. The molecule has 1 N–H and O–H groups in total. The molecule has 0 fully saturated rings. The van der Waals surface area contributed by atoms with Crippen LogP contribution < -0.4 is 5.32 Å². The van der Waals surface area contributed by atoms with E-state index in [0.29, 0.717) is 17.5 Å². The van der Waals surface area contributed by atoms with Crippen LogP contribution in [0, 0.1) is 0 Å². The molecule has 0 bridgehead atoms. The van der Waals surface area contributed by atoms with Gasteiger partial charge in [0.05, 0.1) is 16.2 Å². The van der Waals surface area contributed by atoms with Crippen molar-refractivity contribution < 1.29 is 0 Å². The van der Waals surface area contributed by atoms with Gasteiger partial charge in [0.1, 0.15) is 5.82 Å². The molecule has 0 atom stereocenters. The van der Waals surface area contributed by atoms with E-state index < -0.39 is 0 Å². The maximum absolute atomic E-state index is 6.36. The summed E-state index contributed by atoms with van der Waals surface area (Å²) < 4.78 is 0. The SMILES string of the molecule is C=C(C)CNc1c(Cl)cnc2ccc(-c3cnc(C(C)C)nc3)cc12. The Bertz CT molecular complexity index is 917. The highest BCUT2D eigenvalue weighted by atomic mass is 35.5. The summed E-state index contributed by atoms with van der Waals surface area (Å²) in [6.07, 6.45) is 5.40. The maximum Gasteiger partial charge on any atom is 0.130 e. The minimum absolute atomic E-state index is 0.312. The molecule has 0 saturated heterocycles. The van der Waals surface area contributed by atoms with Crippen LogP contribution in [-0.4, -0.2) is 21.5 Å². The number of halogens is 1. The Morgan fingerprint density at radius 3 is 2.48 bits per heavy atom. The molecule has 3 aromatic rings. The van der Waals surface area contributed by atoms with E-state index in [4.69, 9.17) is 11.6 Å². The first-order valence-electron chi connectivity index (χ1n) is 8.24. The molecule has 5 heteroatoms. The molecule has 0 radical (unpaired) electrons. The second-order valence-corrected chi connectivity index (χ2v) is 6.92. The van der Waals surface area contributed by atoms with Crippen LogP contribution in [0.5, 0.6) is 0 Å². The van der Waals surface area contributed by atoms with E-state index in [1.807, 2.05) is 31.5 Å². The zero-order valence-electron chi connectivity index (χ0n) is 14.7. The van der Waals surface area contributed by atoms with E-state index >= 15 is 0 Å². The Morgan fingerprint density at radius 2 is 1.84 bits per heavy atom. The zero-order chi connectivity index (χ0) is 18.0. The molecule has 0 saturated carbocycles. The molecule has 1 aromatic carbocycles. The summed E-state index contributed by atoms with van der Waals surface area (Å²) >= 11 is 6.36. The van der Waals surface area contributed by atoms with Crippen LogP contribution in [-0.2, 0) is 0 Å². The normalized spacial score (nSPS) is 11.1. The molecule has 0 aliphatic rings. The zero-order valence-corrected chi connectivity index (χ0v) is 15.4. The average Bonchev–Trinajstić information content (AvgIpc) is 2.60. The van der Waals surface area contributed by atoms with Crippen LogP contribution in [0.15, 0.2) is 48.9 Å². The molecule has 0 spiro atoms. The summed E-state index contributed by atoms with van der Waals surface area (Å²) in [5, 5.41) is 4.92. The number of pyridine rings is 1. The summed E-state index contributed by atoms with van der Waals surface area (Å²) in [6.45, 7) is 10.7. The van der Waals surface area contributed by atoms with E-state index in [9.17, 15) is 0 Å². The number of anilines is 1. The third kappa shape index (κ3) is 3.80. The fraction of sp³-hybridized carbons (Fsp3) is 0.250. The maximum atomic E-state index is 6.36. The van der Waals surface area contributed by atoms with Crippen molar-refractivity contribution in [2.45, 2.75) is 26.7 Å². The molecular weight excluding hydrogens is 332 g/mol. The number of aromatic nitrogens is 3. The quantitative estimate of drug-likeness (QED) is 0.620. The fourth-order valence-corrected chi connectivity index (χ4v) is 2.77. The van der Waals surface area contributed by atoms with Gasteiger partial charge in [0, 0.05) is 42.0 Å². The van der Waals surface area contributed by atoms with Crippen molar-refractivity contribution in [3.8, 4) is 11.1 Å². The smallest absolute Gasteiger partial charge is 0.130 e. The van der Waals surface area contributed by atoms with Crippen molar-refractivity contribution >= 4 is 28.2 Å². The molecule has 25 heavy (non-hydrogen) atoms. The second kappa shape index (κ2) is 7.19. The third-order valence-electron chi connectivity index (χ3n) is 3.91. The topological polar surface area (TPSA) is 50.7 Å². The van der Waals surface area contributed by atoms with Gasteiger partial charge in [-0.15, -0.1) is 0 Å². The molecular formula is C20H21ClN4. The van der Waals surface area contributed by atoms with E-state index in [1.165, 1.54) is 0 Å². The summed E-state index contributed by atoms with van der Waals surface area (Å²) in [4.78, 5) is 13.3. The molecule has 3 rings (SSSR count). The van der Waals surface area contributed by atoms with E-state index in [2.05, 4.69) is 46.8 Å². The number of benzene rings is 1. The molecule has 0 aliphatic heterocycles. The van der Waals surface area contributed by atoms with Gasteiger partial charge in [-0.25, -0.2) is 9.97 Å². The average molecular weight is 353 g/mol. The van der Waals surface area contributed by atoms with Gasteiger partial charge in [0.2, 0.25) is 0 Å². The first-order chi connectivity index (χ1) is 12.0. The van der Waals surface area contributed by atoms with Crippen molar-refractivity contribution in [1.82, 2.24) is 15.0 Å². The molecule has 2 aromatic heterocycles. The van der Waals surface area contributed by atoms with Crippen LogP contribution in [0.3, 0.4) is 0 Å². The lowest BCUT2D eigenvalue weighted by Crippen LogP contribution is -2.03. The number of fused-ring (bicyclic) bond motifs is 1. The van der Waals surface area contributed by atoms with E-state index in [-0.39, 0.29) is 0 Å². The van der Waals surface area contributed by atoms with Gasteiger partial charge in [-0.1, -0.05) is 43.7 Å². The lowest BCUT2D eigenvalue weighted by molar-refractivity contribution is 0.775. The molecule has 2 heterocycles. The highest BCUT2D eigenvalue weighted by molar-refractivity contribution is 6.34. The predicted molar refractivity (Wildman–Crippen MR) is 105 cm³/mol. The molecule has 0 amide bonds. The standard InChI is InChI=1S/C20H21ClN4/c1-12(2)8-23-19-16-7-14(5-6-18(16)22-11-17(19)21)15-9-24-20(13(3)4)25-10-15/h5-7,9-11,13H,1,8H2,2-4H3,(H,22,23). The van der Waals surface area contributed by atoms with E-state index in [1.54, 1.807) is 6.20 Å². The van der Waals surface area contributed by atoms with Crippen molar-refractivity contribution in [3.05, 3.63) is 59.8 Å². The molecule has 128 valence electrons. The number of nitrogens with one attached hydrogen (secondary N) is 1. The minimum Gasteiger partial charge on any atom is -0.380 e. The predicted octanol–water partition coefficient (Wildman–Crippen LogP) is 5.46. The second-order valence-electron chi connectivity index (χ2n) is 6.51. The van der Waals surface area contributed by atoms with Gasteiger partial charge >= 0.3 is 0 Å². The van der Waals surface area contributed by atoms with Gasteiger partial charge in [0.15, 0.2) is 0 Å². The van der Waals surface area contributed by atoms with Gasteiger partial charge < -0.3 is 5.32 Å². The van der Waals surface area contributed by atoms with Crippen molar-refractivity contribution in [2.24, 2.45) is 0 Å². The lowest BCUT2D eigenvalue weighted by Gasteiger charge is -2.13. The lowest BCUT2D eigenvalue weighted by atomic mass is 10.0. The summed E-state index contributed by atoms with van der Waals surface area (Å²) in [7, 11) is 0. The summed E-state index contributed by atoms with van der Waals surface area (Å²) in [6, 6.07) is 6.09. The first kappa shape index (κ1) is 17.4. The first-order valence-corrected chi connectivity index (χ1v) is 8.62. The van der Waals surface area contributed by atoms with Crippen LogP contribution in [0.4, 0.5) is 5.69 Å². The molecule has 0 unspecified atom stereocenters. The Balaban J connectivity index is 2.05. The van der Waals surface area contributed by atoms with Gasteiger partial charge in [-0.05, 0) is 24.6 Å². The van der Waals surface area contributed by atoms with Crippen LogP contribution in [0.2, 0.25) is 5.02 Å². The Labute approximate surface area is 153 Å². The number of hydrogen-bond donors (Lipinski definition) is 1. The van der Waals surface area contributed by atoms with Crippen molar-refractivity contribution in [3.63, 3.8) is 0 Å². The largest absolute Gasteiger partial charge is 0.380 e. The molecule has 0 aliphatic carbocycles. The van der Waals surface area contributed by atoms with Crippen LogP contribution in [0.25, 0.3) is 22.0 Å². The minimum atomic E-state index is 0.312. The summed E-state index contributed by atoms with van der Waals surface area (Å²) in [5.41, 5.74) is 4.80. The third-order valence-corrected chi connectivity index (χ3v) is 4.20. The van der Waals surface area contributed by atoms with Gasteiger partial charge in [0.25, 0.3) is 0 Å².